The van der Waals surface area contributed by atoms with E-state index in [0.29, 0.717) is 25.0 Å². The van der Waals surface area contributed by atoms with Crippen molar-refractivity contribution in [3.05, 3.63) is 59.4 Å². The predicted octanol–water partition coefficient (Wildman–Crippen LogP) is 3.11. The summed E-state index contributed by atoms with van der Waals surface area (Å²) in [5.41, 5.74) is 1.11. The molecule has 1 saturated heterocycles. The third-order valence-electron chi connectivity index (χ3n) is 4.86. The summed E-state index contributed by atoms with van der Waals surface area (Å²) in [4.78, 5) is 2.27. The van der Waals surface area contributed by atoms with Crippen LogP contribution in [0.2, 0.25) is 0 Å². The molecule has 1 aliphatic heterocycles. The van der Waals surface area contributed by atoms with Crippen molar-refractivity contribution in [2.45, 2.75) is 31.4 Å². The Labute approximate surface area is 147 Å². The van der Waals surface area contributed by atoms with Crippen molar-refractivity contribution in [3.8, 4) is 11.5 Å². The Hall–Kier alpha value is -2.11. The van der Waals surface area contributed by atoms with Crippen LogP contribution < -0.4 is 4.74 Å². The second kappa shape index (κ2) is 7.42. The van der Waals surface area contributed by atoms with E-state index in [1.807, 2.05) is 18.2 Å². The Kier molecular flexibility index (Phi) is 5.25. The highest BCUT2D eigenvalue weighted by molar-refractivity contribution is 5.41. The molecule has 0 amide bonds. The molecule has 2 aromatic rings. The van der Waals surface area contributed by atoms with E-state index in [1.165, 1.54) is 19.2 Å². The van der Waals surface area contributed by atoms with E-state index in [4.69, 9.17) is 4.74 Å². The molecule has 4 nitrogen and oxygen atoms in total. The molecule has 0 radical (unpaired) electrons. The van der Waals surface area contributed by atoms with Crippen molar-refractivity contribution in [3.63, 3.8) is 0 Å². The summed E-state index contributed by atoms with van der Waals surface area (Å²) in [5, 5.41) is 20.5. The van der Waals surface area contributed by atoms with E-state index in [2.05, 4.69) is 4.90 Å². The highest BCUT2D eigenvalue weighted by atomic mass is 19.1. The molecule has 2 aromatic carbocycles. The second-order valence-electron chi connectivity index (χ2n) is 6.81. The number of phenols is 1. The molecule has 3 rings (SSSR count). The van der Waals surface area contributed by atoms with Crippen LogP contribution in [0.25, 0.3) is 0 Å². The molecule has 0 saturated carbocycles. The first-order valence-corrected chi connectivity index (χ1v) is 8.52. The van der Waals surface area contributed by atoms with Crippen molar-refractivity contribution in [1.82, 2.24) is 4.90 Å². The summed E-state index contributed by atoms with van der Waals surface area (Å²) in [6.07, 6.45) is 1.78. The fraction of sp³-hybridized carbons (Fsp3) is 0.400. The Morgan fingerprint density at radius 1 is 1.12 bits per heavy atom. The third kappa shape index (κ3) is 4.50. The van der Waals surface area contributed by atoms with Gasteiger partial charge in [-0.05, 0) is 48.2 Å². The number of nitrogens with zero attached hydrogens (tertiary/aromatic N) is 1. The average molecular weight is 345 g/mol. The van der Waals surface area contributed by atoms with Crippen LogP contribution in [0.4, 0.5) is 4.39 Å². The monoisotopic (exact) mass is 345 g/mol. The third-order valence-corrected chi connectivity index (χ3v) is 4.86. The van der Waals surface area contributed by atoms with Gasteiger partial charge in [-0.3, -0.25) is 4.90 Å². The number of halogens is 1. The lowest BCUT2D eigenvalue weighted by Gasteiger charge is -2.38. The summed E-state index contributed by atoms with van der Waals surface area (Å²) < 4.78 is 18.5. The van der Waals surface area contributed by atoms with Gasteiger partial charge in [0, 0.05) is 26.1 Å². The number of ether oxygens (including phenoxy) is 1. The number of aromatic hydroxyl groups is 1. The highest BCUT2D eigenvalue weighted by Crippen LogP contribution is 2.30. The molecule has 5 heteroatoms. The van der Waals surface area contributed by atoms with E-state index in [0.717, 1.165) is 30.8 Å². The van der Waals surface area contributed by atoms with Gasteiger partial charge < -0.3 is 14.9 Å². The smallest absolute Gasteiger partial charge is 0.160 e. The van der Waals surface area contributed by atoms with Crippen molar-refractivity contribution in [1.29, 1.82) is 0 Å². The van der Waals surface area contributed by atoms with Gasteiger partial charge in [0.05, 0.1) is 12.7 Å². The van der Waals surface area contributed by atoms with E-state index in [9.17, 15) is 14.6 Å². The molecule has 0 spiro atoms. The van der Waals surface area contributed by atoms with Crippen LogP contribution in [0, 0.1) is 5.82 Å². The fourth-order valence-electron chi connectivity index (χ4n) is 3.41. The van der Waals surface area contributed by atoms with Crippen molar-refractivity contribution in [2.24, 2.45) is 0 Å². The first-order chi connectivity index (χ1) is 12.0. The molecular weight excluding hydrogens is 321 g/mol. The molecule has 1 heterocycles. The molecule has 2 N–H and O–H groups in total. The number of benzene rings is 2. The van der Waals surface area contributed by atoms with Crippen LogP contribution in [0.15, 0.2) is 42.5 Å². The molecule has 0 aliphatic carbocycles. The SMILES string of the molecule is COc1cc(CN2CCC(O)(Cc3cccc(F)c3)CC2)ccc1O. The van der Waals surface area contributed by atoms with Gasteiger partial charge in [0.25, 0.3) is 0 Å². The predicted molar refractivity (Wildman–Crippen MR) is 94.2 cm³/mol. The summed E-state index contributed by atoms with van der Waals surface area (Å²) in [7, 11) is 1.53. The molecule has 0 bridgehead atoms. The maximum absolute atomic E-state index is 13.3. The number of likely N-dealkylation sites (tertiary alicyclic amines) is 1. The van der Waals surface area contributed by atoms with Gasteiger partial charge in [0.15, 0.2) is 11.5 Å². The van der Waals surface area contributed by atoms with Gasteiger partial charge in [-0.25, -0.2) is 4.39 Å². The maximum Gasteiger partial charge on any atom is 0.160 e. The number of hydrogen-bond acceptors (Lipinski definition) is 4. The quantitative estimate of drug-likeness (QED) is 0.874. The van der Waals surface area contributed by atoms with Gasteiger partial charge in [-0.1, -0.05) is 18.2 Å². The summed E-state index contributed by atoms with van der Waals surface area (Å²) in [6, 6.07) is 11.8. The summed E-state index contributed by atoms with van der Waals surface area (Å²) in [5.74, 6) is 0.339. The zero-order chi connectivity index (χ0) is 17.9. The number of rotatable bonds is 5. The molecular formula is C20H24FNO3. The molecule has 1 fully saturated rings. The minimum atomic E-state index is -0.781. The summed E-state index contributed by atoms with van der Waals surface area (Å²) >= 11 is 0. The zero-order valence-electron chi connectivity index (χ0n) is 14.4. The van der Waals surface area contributed by atoms with Crippen LogP contribution in [0.1, 0.15) is 24.0 Å². The van der Waals surface area contributed by atoms with Crippen LogP contribution in [0.3, 0.4) is 0 Å². The van der Waals surface area contributed by atoms with Gasteiger partial charge in [-0.2, -0.15) is 0 Å². The Morgan fingerprint density at radius 2 is 1.88 bits per heavy atom. The summed E-state index contributed by atoms with van der Waals surface area (Å²) in [6.45, 7) is 2.29. The van der Waals surface area contributed by atoms with Crippen LogP contribution in [-0.2, 0) is 13.0 Å². The number of methoxy groups -OCH3 is 1. The van der Waals surface area contributed by atoms with Crippen LogP contribution in [-0.4, -0.2) is 40.9 Å². The minimum absolute atomic E-state index is 0.134. The fourth-order valence-corrected chi connectivity index (χ4v) is 3.41. The lowest BCUT2D eigenvalue weighted by molar-refractivity contribution is -0.0225. The van der Waals surface area contributed by atoms with Gasteiger partial charge in [-0.15, -0.1) is 0 Å². The van der Waals surface area contributed by atoms with Crippen LogP contribution >= 0.6 is 0 Å². The number of aliphatic hydroxyl groups is 1. The second-order valence-corrected chi connectivity index (χ2v) is 6.81. The number of phenolic OH excluding ortho intramolecular Hbond substituents is 1. The Bertz CT molecular complexity index is 727. The zero-order valence-corrected chi connectivity index (χ0v) is 14.4. The molecule has 1 aliphatic rings. The molecule has 134 valence electrons. The lowest BCUT2D eigenvalue weighted by atomic mass is 9.85. The van der Waals surface area contributed by atoms with Crippen molar-refractivity contribution in [2.75, 3.05) is 20.2 Å². The highest BCUT2D eigenvalue weighted by Gasteiger charge is 2.32. The first kappa shape index (κ1) is 17.7. The lowest BCUT2D eigenvalue weighted by Crippen LogP contribution is -2.45. The van der Waals surface area contributed by atoms with E-state index >= 15 is 0 Å². The molecule has 25 heavy (non-hydrogen) atoms. The Morgan fingerprint density at radius 3 is 2.56 bits per heavy atom. The standard InChI is InChI=1S/C20H24FNO3/c1-25-19-12-16(5-6-18(19)23)14-22-9-7-20(24,8-10-22)13-15-3-2-4-17(21)11-15/h2-6,11-12,23-24H,7-10,13-14H2,1H3. The van der Waals surface area contributed by atoms with Gasteiger partial charge in [0.2, 0.25) is 0 Å². The normalized spacial score (nSPS) is 17.4. The number of piperidine rings is 1. The van der Waals surface area contributed by atoms with Crippen molar-refractivity contribution >= 4 is 0 Å². The van der Waals surface area contributed by atoms with Crippen molar-refractivity contribution < 1.29 is 19.3 Å². The Balaban J connectivity index is 1.58. The first-order valence-electron chi connectivity index (χ1n) is 8.52. The topological polar surface area (TPSA) is 52.9 Å². The van der Waals surface area contributed by atoms with E-state index in [-0.39, 0.29) is 11.6 Å². The molecule has 0 aromatic heterocycles. The molecule has 0 unspecified atom stereocenters. The largest absolute Gasteiger partial charge is 0.504 e. The van der Waals surface area contributed by atoms with E-state index < -0.39 is 5.60 Å². The average Bonchev–Trinajstić information content (AvgIpc) is 2.58. The maximum atomic E-state index is 13.3. The van der Waals surface area contributed by atoms with Gasteiger partial charge >= 0.3 is 0 Å². The van der Waals surface area contributed by atoms with Crippen LogP contribution in [0.5, 0.6) is 11.5 Å². The minimum Gasteiger partial charge on any atom is -0.504 e. The van der Waals surface area contributed by atoms with E-state index in [1.54, 1.807) is 12.1 Å². The number of hydrogen-bond donors (Lipinski definition) is 2. The molecule has 0 atom stereocenters. The van der Waals surface area contributed by atoms with Gasteiger partial charge in [0.1, 0.15) is 5.82 Å².